The van der Waals surface area contributed by atoms with Crippen molar-refractivity contribution in [1.29, 1.82) is 0 Å². The van der Waals surface area contributed by atoms with Gasteiger partial charge in [0.15, 0.2) is 0 Å². The highest BCUT2D eigenvalue weighted by atomic mass is 16.5. The van der Waals surface area contributed by atoms with Crippen molar-refractivity contribution in [2.45, 2.75) is 40.3 Å². The molecule has 1 heterocycles. The third-order valence-corrected chi connectivity index (χ3v) is 3.58. The lowest BCUT2D eigenvalue weighted by atomic mass is 10.1. The molecular weight excluding hydrogens is 250 g/mol. The van der Waals surface area contributed by atoms with E-state index in [1.54, 1.807) is 7.11 Å². The maximum atomic E-state index is 5.59. The van der Waals surface area contributed by atoms with Crippen molar-refractivity contribution < 1.29 is 9.15 Å². The topological polar surface area (TPSA) is 34.4 Å². The summed E-state index contributed by atoms with van der Waals surface area (Å²) in [4.78, 5) is 0. The van der Waals surface area contributed by atoms with Gasteiger partial charge in [-0.05, 0) is 39.8 Å². The summed E-state index contributed by atoms with van der Waals surface area (Å²) in [5.41, 5.74) is 3.64. The van der Waals surface area contributed by atoms with Crippen molar-refractivity contribution in [1.82, 2.24) is 5.32 Å². The fourth-order valence-electron chi connectivity index (χ4n) is 2.50. The molecule has 0 fully saturated rings. The predicted molar refractivity (Wildman–Crippen MR) is 81.2 cm³/mol. The lowest BCUT2D eigenvalue weighted by Crippen LogP contribution is -2.18. The number of methoxy groups -OCH3 is 1. The molecule has 2 rings (SSSR count). The van der Waals surface area contributed by atoms with Crippen LogP contribution in [0.3, 0.4) is 0 Å². The SMILES string of the molecule is COc1ccc(C)cc1CNC(C)c1cc(C)oc1C. The van der Waals surface area contributed by atoms with Crippen LogP contribution >= 0.6 is 0 Å². The lowest BCUT2D eigenvalue weighted by Gasteiger charge is -2.15. The van der Waals surface area contributed by atoms with Crippen LogP contribution in [0.5, 0.6) is 5.75 Å². The van der Waals surface area contributed by atoms with Crippen LogP contribution in [0.2, 0.25) is 0 Å². The van der Waals surface area contributed by atoms with E-state index in [0.29, 0.717) is 0 Å². The third-order valence-electron chi connectivity index (χ3n) is 3.58. The molecule has 0 saturated carbocycles. The molecule has 0 spiro atoms. The standard InChI is InChI=1S/C17H23NO2/c1-11-6-7-17(19-5)15(8-11)10-18-13(3)16-9-12(2)20-14(16)4/h6-9,13,18H,10H2,1-5H3. The van der Waals surface area contributed by atoms with Gasteiger partial charge in [-0.3, -0.25) is 0 Å². The zero-order valence-corrected chi connectivity index (χ0v) is 12.9. The van der Waals surface area contributed by atoms with Crippen molar-refractivity contribution in [2.75, 3.05) is 7.11 Å². The normalized spacial score (nSPS) is 12.4. The number of rotatable bonds is 5. The molecule has 20 heavy (non-hydrogen) atoms. The summed E-state index contributed by atoms with van der Waals surface area (Å²) >= 11 is 0. The van der Waals surface area contributed by atoms with Crippen LogP contribution in [-0.2, 0) is 6.54 Å². The first-order valence-electron chi connectivity index (χ1n) is 6.95. The Morgan fingerprint density at radius 2 is 1.95 bits per heavy atom. The van der Waals surface area contributed by atoms with Crippen molar-refractivity contribution in [3.05, 3.63) is 52.5 Å². The van der Waals surface area contributed by atoms with Crippen LogP contribution in [0.15, 0.2) is 28.7 Å². The van der Waals surface area contributed by atoms with Gasteiger partial charge in [-0.25, -0.2) is 0 Å². The molecule has 0 saturated heterocycles. The largest absolute Gasteiger partial charge is 0.496 e. The summed E-state index contributed by atoms with van der Waals surface area (Å²) in [5.74, 6) is 2.87. The van der Waals surface area contributed by atoms with Crippen LogP contribution < -0.4 is 10.1 Å². The van der Waals surface area contributed by atoms with Gasteiger partial charge in [-0.15, -0.1) is 0 Å². The zero-order chi connectivity index (χ0) is 14.7. The quantitative estimate of drug-likeness (QED) is 0.892. The van der Waals surface area contributed by atoms with E-state index in [0.717, 1.165) is 23.8 Å². The molecular formula is C17H23NO2. The highest BCUT2D eigenvalue weighted by molar-refractivity contribution is 5.37. The van der Waals surface area contributed by atoms with Gasteiger partial charge in [-0.2, -0.15) is 0 Å². The summed E-state index contributed by atoms with van der Waals surface area (Å²) in [6, 6.07) is 8.59. The predicted octanol–water partition coefficient (Wildman–Crippen LogP) is 4.06. The van der Waals surface area contributed by atoms with E-state index < -0.39 is 0 Å². The highest BCUT2D eigenvalue weighted by Crippen LogP contribution is 2.23. The minimum Gasteiger partial charge on any atom is -0.496 e. The Balaban J connectivity index is 2.08. The minimum atomic E-state index is 0.248. The lowest BCUT2D eigenvalue weighted by molar-refractivity contribution is 0.405. The van der Waals surface area contributed by atoms with Gasteiger partial charge in [0.05, 0.1) is 7.11 Å². The van der Waals surface area contributed by atoms with Crippen molar-refractivity contribution in [3.8, 4) is 5.75 Å². The molecule has 1 aromatic heterocycles. The molecule has 2 aromatic rings. The van der Waals surface area contributed by atoms with Gasteiger partial charge in [-0.1, -0.05) is 17.7 Å². The highest BCUT2D eigenvalue weighted by Gasteiger charge is 2.13. The number of furan rings is 1. The van der Waals surface area contributed by atoms with E-state index in [9.17, 15) is 0 Å². The molecule has 0 radical (unpaired) electrons. The minimum absolute atomic E-state index is 0.248. The first-order chi connectivity index (χ1) is 9.51. The molecule has 0 aliphatic rings. The van der Waals surface area contributed by atoms with Crippen molar-refractivity contribution >= 4 is 0 Å². The Hall–Kier alpha value is -1.74. The van der Waals surface area contributed by atoms with Crippen molar-refractivity contribution in [3.63, 3.8) is 0 Å². The molecule has 0 aliphatic carbocycles. The molecule has 0 bridgehead atoms. The second-order valence-electron chi connectivity index (χ2n) is 5.29. The van der Waals surface area contributed by atoms with E-state index in [1.807, 2.05) is 19.9 Å². The van der Waals surface area contributed by atoms with Crippen LogP contribution in [-0.4, -0.2) is 7.11 Å². The van der Waals surface area contributed by atoms with E-state index in [4.69, 9.17) is 9.15 Å². The maximum Gasteiger partial charge on any atom is 0.123 e. The number of nitrogens with one attached hydrogen (secondary N) is 1. The van der Waals surface area contributed by atoms with Gasteiger partial charge in [0.2, 0.25) is 0 Å². The van der Waals surface area contributed by atoms with Gasteiger partial charge in [0.1, 0.15) is 17.3 Å². The Kier molecular flexibility index (Phi) is 4.50. The third kappa shape index (κ3) is 3.23. The fraction of sp³-hybridized carbons (Fsp3) is 0.412. The second kappa shape index (κ2) is 6.14. The van der Waals surface area contributed by atoms with Crippen LogP contribution in [0.1, 0.15) is 41.2 Å². The number of ether oxygens (including phenoxy) is 1. The second-order valence-corrected chi connectivity index (χ2v) is 5.29. The molecule has 0 amide bonds. The Morgan fingerprint density at radius 1 is 1.20 bits per heavy atom. The van der Waals surface area contributed by atoms with Crippen LogP contribution in [0.4, 0.5) is 0 Å². The molecule has 108 valence electrons. The molecule has 3 nitrogen and oxygen atoms in total. The van der Waals surface area contributed by atoms with Gasteiger partial charge < -0.3 is 14.5 Å². The zero-order valence-electron chi connectivity index (χ0n) is 12.9. The smallest absolute Gasteiger partial charge is 0.123 e. The Morgan fingerprint density at radius 3 is 2.55 bits per heavy atom. The van der Waals surface area contributed by atoms with Gasteiger partial charge in [0, 0.05) is 23.7 Å². The molecule has 0 aliphatic heterocycles. The number of hydrogen-bond acceptors (Lipinski definition) is 3. The summed E-state index contributed by atoms with van der Waals surface area (Å²) in [6.45, 7) is 9.01. The molecule has 1 unspecified atom stereocenters. The maximum absolute atomic E-state index is 5.59. The summed E-state index contributed by atoms with van der Waals surface area (Å²) in [6.07, 6.45) is 0. The van der Waals surface area contributed by atoms with Gasteiger partial charge >= 0.3 is 0 Å². The summed E-state index contributed by atoms with van der Waals surface area (Å²) < 4.78 is 11.0. The first-order valence-corrected chi connectivity index (χ1v) is 6.95. The van der Waals surface area contributed by atoms with Crippen LogP contribution in [0, 0.1) is 20.8 Å². The molecule has 1 aromatic carbocycles. The Labute approximate surface area is 121 Å². The van der Waals surface area contributed by atoms with Gasteiger partial charge in [0.25, 0.3) is 0 Å². The monoisotopic (exact) mass is 273 g/mol. The summed E-state index contributed by atoms with van der Waals surface area (Å²) in [5, 5.41) is 3.53. The fourth-order valence-corrected chi connectivity index (χ4v) is 2.50. The van der Waals surface area contributed by atoms with E-state index in [1.165, 1.54) is 16.7 Å². The molecule has 3 heteroatoms. The molecule has 1 N–H and O–H groups in total. The Bertz CT molecular complexity index is 587. The van der Waals surface area contributed by atoms with Crippen LogP contribution in [0.25, 0.3) is 0 Å². The number of aryl methyl sites for hydroxylation is 3. The summed E-state index contributed by atoms with van der Waals surface area (Å²) in [7, 11) is 1.71. The number of benzene rings is 1. The van der Waals surface area contributed by atoms with E-state index >= 15 is 0 Å². The van der Waals surface area contributed by atoms with E-state index in [-0.39, 0.29) is 6.04 Å². The molecule has 1 atom stereocenters. The average molecular weight is 273 g/mol. The average Bonchev–Trinajstić information content (AvgIpc) is 2.75. The number of hydrogen-bond donors (Lipinski definition) is 1. The first kappa shape index (κ1) is 14.7. The van der Waals surface area contributed by atoms with Crippen molar-refractivity contribution in [2.24, 2.45) is 0 Å². The van der Waals surface area contributed by atoms with E-state index in [2.05, 4.69) is 37.4 Å².